The number of rotatable bonds is 59. The third kappa shape index (κ3) is 67.4. The minimum atomic E-state index is -0.823. The van der Waals surface area contributed by atoms with Crippen LogP contribution in [0.15, 0.2) is 170 Å². The van der Waals surface area contributed by atoms with Crippen LogP contribution < -0.4 is 0 Å². The fourth-order valence-corrected chi connectivity index (χ4v) is 8.72. The second-order valence-corrected chi connectivity index (χ2v) is 21.6. The zero-order chi connectivity index (χ0) is 59.9. The van der Waals surface area contributed by atoms with Crippen LogP contribution in [0.2, 0.25) is 0 Å². The van der Waals surface area contributed by atoms with E-state index in [1.54, 1.807) is 0 Å². The molecule has 0 heterocycles. The van der Waals surface area contributed by atoms with Crippen molar-refractivity contribution in [2.45, 2.75) is 284 Å². The van der Waals surface area contributed by atoms with E-state index >= 15 is 0 Å². The Morgan fingerprint density at radius 1 is 0.253 bits per heavy atom. The van der Waals surface area contributed by atoms with Crippen molar-refractivity contribution in [3.05, 3.63) is 170 Å². The Labute approximate surface area is 511 Å². The van der Waals surface area contributed by atoms with Crippen molar-refractivity contribution >= 4 is 17.9 Å². The molecule has 0 amide bonds. The highest BCUT2D eigenvalue weighted by Gasteiger charge is 2.19. The van der Waals surface area contributed by atoms with E-state index in [2.05, 4.69) is 191 Å². The highest BCUT2D eigenvalue weighted by Crippen LogP contribution is 2.14. The fraction of sp³-hybridized carbons (Fsp3) is 0.597. The Kier molecular flexibility index (Phi) is 64.9. The Morgan fingerprint density at radius 3 is 0.783 bits per heavy atom. The summed E-state index contributed by atoms with van der Waals surface area (Å²) in [5, 5.41) is 0. The molecule has 83 heavy (non-hydrogen) atoms. The highest BCUT2D eigenvalue weighted by atomic mass is 16.6. The summed E-state index contributed by atoms with van der Waals surface area (Å²) in [5.41, 5.74) is 0. The zero-order valence-electron chi connectivity index (χ0n) is 53.4. The molecule has 6 nitrogen and oxygen atoms in total. The van der Waals surface area contributed by atoms with Crippen LogP contribution in [-0.4, -0.2) is 37.2 Å². The summed E-state index contributed by atoms with van der Waals surface area (Å²) < 4.78 is 16.9. The Morgan fingerprint density at radius 2 is 0.482 bits per heavy atom. The Hall–Kier alpha value is -5.23. The van der Waals surface area contributed by atoms with Crippen LogP contribution >= 0.6 is 0 Å². The zero-order valence-corrected chi connectivity index (χ0v) is 53.4. The predicted octanol–water partition coefficient (Wildman–Crippen LogP) is 23.4. The fourth-order valence-electron chi connectivity index (χ4n) is 8.72. The number of hydrogen-bond acceptors (Lipinski definition) is 6. The molecule has 466 valence electrons. The van der Waals surface area contributed by atoms with E-state index in [4.69, 9.17) is 14.2 Å². The van der Waals surface area contributed by atoms with Gasteiger partial charge in [-0.25, -0.2) is 0 Å². The molecule has 0 spiro atoms. The molecule has 0 aromatic carbocycles. The molecule has 6 heteroatoms. The van der Waals surface area contributed by atoms with Gasteiger partial charge in [0.25, 0.3) is 0 Å². The summed E-state index contributed by atoms with van der Waals surface area (Å²) in [6.45, 7) is 6.34. The van der Waals surface area contributed by atoms with Crippen LogP contribution in [0.4, 0.5) is 0 Å². The van der Waals surface area contributed by atoms with Crippen molar-refractivity contribution in [3.63, 3.8) is 0 Å². The number of carbonyl (C=O) groups excluding carboxylic acids is 3. The monoisotopic (exact) mass is 1140 g/mol. The second kappa shape index (κ2) is 69.3. The van der Waals surface area contributed by atoms with E-state index in [1.807, 2.05) is 0 Å². The van der Waals surface area contributed by atoms with Crippen molar-refractivity contribution in [3.8, 4) is 0 Å². The molecule has 0 aliphatic heterocycles. The van der Waals surface area contributed by atoms with Crippen LogP contribution in [0.5, 0.6) is 0 Å². The largest absolute Gasteiger partial charge is 0.462 e. The number of allylic oxidation sites excluding steroid dienone is 28. The molecule has 0 aliphatic carbocycles. The van der Waals surface area contributed by atoms with Gasteiger partial charge in [-0.05, 0) is 148 Å². The van der Waals surface area contributed by atoms with Gasteiger partial charge in [-0.3, -0.25) is 14.4 Å². The highest BCUT2D eigenvalue weighted by molar-refractivity contribution is 5.71. The molecule has 1 unspecified atom stereocenters. The lowest BCUT2D eigenvalue weighted by Crippen LogP contribution is -2.30. The maximum absolute atomic E-state index is 13.0. The van der Waals surface area contributed by atoms with Gasteiger partial charge in [0.2, 0.25) is 0 Å². The van der Waals surface area contributed by atoms with Gasteiger partial charge >= 0.3 is 17.9 Å². The Bertz CT molecular complexity index is 1890. The number of unbranched alkanes of at least 4 members (excludes halogenated alkanes) is 20. The van der Waals surface area contributed by atoms with E-state index in [-0.39, 0.29) is 37.5 Å². The third-order valence-electron chi connectivity index (χ3n) is 13.7. The average Bonchev–Trinajstić information content (AvgIpc) is 3.49. The summed E-state index contributed by atoms with van der Waals surface area (Å²) in [4.78, 5) is 38.4. The van der Waals surface area contributed by atoms with E-state index in [9.17, 15) is 14.4 Å². The van der Waals surface area contributed by atoms with Gasteiger partial charge in [-0.2, -0.15) is 0 Å². The molecule has 0 aromatic heterocycles. The standard InChI is InChI=1S/C77H122O6/c1-4-7-10-13-16-19-22-25-28-31-33-35-37-38-40-41-43-46-49-52-55-58-61-64-67-70-76(79)82-73-74(72-81-75(78)69-66-63-60-57-54-51-48-45-30-27-24-21-18-15-12-9-6-3)83-77(80)71-68-65-62-59-56-53-50-47-44-42-39-36-34-32-29-26-23-20-17-14-11-8-5-2/h7,9-10,12,16,18-19,21,23,25-28,30,32-35,38-40,42-43,46,48,51,57,60,74H,4-6,8,11,13-15,17,20,22,24,29,31,36-37,41,44-45,47,49-50,52-56,58-59,61-73H2,1-3H3/b10-7-,12-9-,19-16-,21-18-,26-23-,28-25-,30-27-,34-32-,35-33-,40-38-,42-39-,46-43-,51-48-,60-57-. The second-order valence-electron chi connectivity index (χ2n) is 21.6. The first-order chi connectivity index (χ1) is 41.0. The van der Waals surface area contributed by atoms with Gasteiger partial charge in [0.05, 0.1) is 0 Å². The van der Waals surface area contributed by atoms with Gasteiger partial charge in [0, 0.05) is 19.3 Å². The normalized spacial score (nSPS) is 13.2. The first-order valence-electron chi connectivity index (χ1n) is 33.6. The van der Waals surface area contributed by atoms with E-state index in [0.717, 1.165) is 148 Å². The van der Waals surface area contributed by atoms with E-state index < -0.39 is 6.10 Å². The van der Waals surface area contributed by atoms with Crippen molar-refractivity contribution in [2.75, 3.05) is 13.2 Å². The minimum Gasteiger partial charge on any atom is -0.462 e. The lowest BCUT2D eigenvalue weighted by molar-refractivity contribution is -0.167. The van der Waals surface area contributed by atoms with E-state index in [1.165, 1.54) is 83.5 Å². The molecule has 0 fully saturated rings. The molecule has 0 N–H and O–H groups in total. The van der Waals surface area contributed by atoms with Gasteiger partial charge < -0.3 is 14.2 Å². The van der Waals surface area contributed by atoms with Crippen LogP contribution in [0.25, 0.3) is 0 Å². The third-order valence-corrected chi connectivity index (χ3v) is 13.7. The molecule has 0 rings (SSSR count). The van der Waals surface area contributed by atoms with Gasteiger partial charge in [0.15, 0.2) is 6.10 Å². The lowest BCUT2D eigenvalue weighted by Gasteiger charge is -2.18. The molecule has 0 aliphatic rings. The lowest BCUT2D eigenvalue weighted by atomic mass is 10.1. The smallest absolute Gasteiger partial charge is 0.306 e. The minimum absolute atomic E-state index is 0.115. The molecule has 1 atom stereocenters. The summed E-state index contributed by atoms with van der Waals surface area (Å²) >= 11 is 0. The Balaban J connectivity index is 4.52. The molecular weight excluding hydrogens is 1020 g/mol. The van der Waals surface area contributed by atoms with Crippen LogP contribution in [0.3, 0.4) is 0 Å². The molecule has 0 saturated heterocycles. The summed E-state index contributed by atoms with van der Waals surface area (Å²) in [7, 11) is 0. The summed E-state index contributed by atoms with van der Waals surface area (Å²) in [6.07, 6.45) is 102. The molecule has 0 radical (unpaired) electrons. The average molecular weight is 1140 g/mol. The van der Waals surface area contributed by atoms with Crippen LogP contribution in [-0.2, 0) is 28.6 Å². The molecule has 0 saturated carbocycles. The van der Waals surface area contributed by atoms with Crippen LogP contribution in [0, 0.1) is 0 Å². The van der Waals surface area contributed by atoms with Crippen molar-refractivity contribution in [1.29, 1.82) is 0 Å². The topological polar surface area (TPSA) is 78.9 Å². The quantitative estimate of drug-likeness (QED) is 0.0261. The first kappa shape index (κ1) is 77.8. The molecular formula is C77H122O6. The predicted molar refractivity (Wildman–Crippen MR) is 361 cm³/mol. The van der Waals surface area contributed by atoms with Crippen molar-refractivity contribution in [1.82, 2.24) is 0 Å². The maximum Gasteiger partial charge on any atom is 0.306 e. The molecule has 0 bridgehead atoms. The summed E-state index contributed by atoms with van der Waals surface area (Å²) in [5.74, 6) is -0.997. The van der Waals surface area contributed by atoms with Crippen molar-refractivity contribution in [2.24, 2.45) is 0 Å². The molecule has 0 aromatic rings. The SMILES string of the molecule is CC/C=C\C/C=C\C/C=C\C/C=C\C/C=C\C/C=C\CCCCCCCCC(=O)OCC(COC(=O)CCC/C=C\C/C=C\C/C=C\C/C=C\C/C=C\CC)OC(=O)CCCCCCCCCC/C=C\C/C=C\C/C=C\CCCCCCC. The van der Waals surface area contributed by atoms with Gasteiger partial charge in [-0.15, -0.1) is 0 Å². The van der Waals surface area contributed by atoms with Gasteiger partial charge in [-0.1, -0.05) is 281 Å². The van der Waals surface area contributed by atoms with Gasteiger partial charge in [0.1, 0.15) is 13.2 Å². The first-order valence-corrected chi connectivity index (χ1v) is 33.6. The summed E-state index contributed by atoms with van der Waals surface area (Å²) in [6, 6.07) is 0. The number of hydrogen-bond donors (Lipinski definition) is 0. The van der Waals surface area contributed by atoms with E-state index in [0.29, 0.717) is 19.3 Å². The number of carbonyl (C=O) groups is 3. The number of esters is 3. The maximum atomic E-state index is 13.0. The van der Waals surface area contributed by atoms with Crippen molar-refractivity contribution < 1.29 is 28.6 Å². The van der Waals surface area contributed by atoms with Crippen LogP contribution in [0.1, 0.15) is 278 Å². The number of ether oxygens (including phenoxy) is 3.